The summed E-state index contributed by atoms with van der Waals surface area (Å²) >= 11 is 0. The maximum atomic E-state index is 9.97. The average Bonchev–Trinajstić information content (AvgIpc) is 2.49. The zero-order chi connectivity index (χ0) is 8.81. The summed E-state index contributed by atoms with van der Waals surface area (Å²) in [5.41, 5.74) is 0. The van der Waals surface area contributed by atoms with Crippen molar-refractivity contribution >= 4 is 5.97 Å². The summed E-state index contributed by atoms with van der Waals surface area (Å²) in [6.07, 6.45) is 5.68. The number of aryl methyl sites for hydroxylation is 1. The second-order valence-electron chi connectivity index (χ2n) is 2.16. The first kappa shape index (κ1) is 8.34. The number of rotatable bonds is 2. The van der Waals surface area contributed by atoms with E-state index in [-0.39, 0.29) is 0 Å². The van der Waals surface area contributed by atoms with Gasteiger partial charge in [-0.2, -0.15) is 0 Å². The van der Waals surface area contributed by atoms with Crippen molar-refractivity contribution in [2.24, 2.45) is 0 Å². The SMILES string of the molecule is O=C(O)C#CCCn1ccnc1. The van der Waals surface area contributed by atoms with E-state index in [4.69, 9.17) is 5.11 Å². The molecule has 1 N–H and O–H groups in total. The van der Waals surface area contributed by atoms with Crippen LogP contribution in [0.15, 0.2) is 18.7 Å². The smallest absolute Gasteiger partial charge is 0.381 e. The van der Waals surface area contributed by atoms with Crippen LogP contribution >= 0.6 is 0 Å². The molecular formula is C8H8N2O2. The second-order valence-corrected chi connectivity index (χ2v) is 2.16. The van der Waals surface area contributed by atoms with Gasteiger partial charge in [0.05, 0.1) is 6.33 Å². The fourth-order valence-corrected chi connectivity index (χ4v) is 0.742. The molecule has 1 aromatic rings. The van der Waals surface area contributed by atoms with Gasteiger partial charge in [-0.15, -0.1) is 0 Å². The Bertz CT molecular complexity index is 306. The summed E-state index contributed by atoms with van der Waals surface area (Å²) in [6.45, 7) is 0.681. The van der Waals surface area contributed by atoms with Gasteiger partial charge in [-0.25, -0.2) is 9.78 Å². The summed E-state index contributed by atoms with van der Waals surface area (Å²) in [6, 6.07) is 0. The molecule has 1 aromatic heterocycles. The molecule has 12 heavy (non-hydrogen) atoms. The Balaban J connectivity index is 2.29. The summed E-state index contributed by atoms with van der Waals surface area (Å²) in [7, 11) is 0. The molecule has 4 heteroatoms. The van der Waals surface area contributed by atoms with Crippen molar-refractivity contribution in [2.75, 3.05) is 0 Å². The number of imidazole rings is 1. The van der Waals surface area contributed by atoms with Gasteiger partial charge in [0, 0.05) is 31.3 Å². The molecule has 0 saturated carbocycles. The van der Waals surface area contributed by atoms with Crippen LogP contribution in [0.3, 0.4) is 0 Å². The van der Waals surface area contributed by atoms with Crippen LogP contribution in [0.4, 0.5) is 0 Å². The number of aliphatic carboxylic acids is 1. The molecule has 0 saturated heterocycles. The first-order valence-electron chi connectivity index (χ1n) is 3.46. The Hall–Kier alpha value is -1.76. The van der Waals surface area contributed by atoms with E-state index >= 15 is 0 Å². The fraction of sp³-hybridized carbons (Fsp3) is 0.250. The topological polar surface area (TPSA) is 55.1 Å². The lowest BCUT2D eigenvalue weighted by atomic mass is 10.4. The highest BCUT2D eigenvalue weighted by Crippen LogP contribution is 1.88. The van der Waals surface area contributed by atoms with E-state index in [1.54, 1.807) is 12.5 Å². The normalized spacial score (nSPS) is 8.67. The van der Waals surface area contributed by atoms with Gasteiger partial charge in [0.1, 0.15) is 0 Å². The monoisotopic (exact) mass is 164 g/mol. The lowest BCUT2D eigenvalue weighted by Crippen LogP contribution is -1.93. The lowest BCUT2D eigenvalue weighted by molar-refractivity contribution is -0.130. The zero-order valence-corrected chi connectivity index (χ0v) is 6.40. The Labute approximate surface area is 69.8 Å². The molecule has 0 amide bonds. The fourth-order valence-electron chi connectivity index (χ4n) is 0.742. The highest BCUT2D eigenvalue weighted by Gasteiger charge is 1.86. The number of hydrogen-bond acceptors (Lipinski definition) is 2. The van der Waals surface area contributed by atoms with E-state index in [0.717, 1.165) is 0 Å². The molecule has 0 fully saturated rings. The van der Waals surface area contributed by atoms with Crippen molar-refractivity contribution in [3.63, 3.8) is 0 Å². The molecule has 0 unspecified atom stereocenters. The minimum Gasteiger partial charge on any atom is -0.472 e. The van der Waals surface area contributed by atoms with Gasteiger partial charge in [0.25, 0.3) is 0 Å². The highest BCUT2D eigenvalue weighted by molar-refractivity contribution is 5.86. The van der Waals surface area contributed by atoms with Crippen LogP contribution in [0, 0.1) is 11.8 Å². The summed E-state index contributed by atoms with van der Waals surface area (Å²) < 4.78 is 1.84. The molecule has 0 atom stereocenters. The third kappa shape index (κ3) is 2.88. The Morgan fingerprint density at radius 1 is 1.67 bits per heavy atom. The van der Waals surface area contributed by atoms with Gasteiger partial charge >= 0.3 is 5.97 Å². The van der Waals surface area contributed by atoms with Crippen molar-refractivity contribution in [3.8, 4) is 11.8 Å². The standard InChI is InChI=1S/C8H8N2O2/c11-8(12)3-1-2-5-10-6-4-9-7-10/h4,6-7H,2,5H2,(H,11,12). The Kier molecular flexibility index (Phi) is 2.91. The van der Waals surface area contributed by atoms with Crippen molar-refractivity contribution in [2.45, 2.75) is 13.0 Å². The number of carboxylic acids is 1. The van der Waals surface area contributed by atoms with Crippen molar-refractivity contribution < 1.29 is 9.90 Å². The third-order valence-electron chi connectivity index (χ3n) is 1.25. The first-order chi connectivity index (χ1) is 5.79. The summed E-state index contributed by atoms with van der Waals surface area (Å²) in [5, 5.41) is 8.18. The Morgan fingerprint density at radius 2 is 2.50 bits per heavy atom. The Morgan fingerprint density at radius 3 is 3.08 bits per heavy atom. The molecule has 1 heterocycles. The van der Waals surface area contributed by atoms with Crippen LogP contribution in [0.5, 0.6) is 0 Å². The van der Waals surface area contributed by atoms with E-state index in [9.17, 15) is 4.79 Å². The van der Waals surface area contributed by atoms with E-state index < -0.39 is 5.97 Å². The second kappa shape index (κ2) is 4.19. The van der Waals surface area contributed by atoms with Gasteiger partial charge in [-0.1, -0.05) is 5.92 Å². The number of aromatic nitrogens is 2. The predicted molar refractivity (Wildman–Crippen MR) is 42.3 cm³/mol. The third-order valence-corrected chi connectivity index (χ3v) is 1.25. The van der Waals surface area contributed by atoms with Crippen molar-refractivity contribution in [1.29, 1.82) is 0 Å². The van der Waals surface area contributed by atoms with E-state index in [1.807, 2.05) is 16.7 Å². The van der Waals surface area contributed by atoms with Crippen LogP contribution in [0.1, 0.15) is 6.42 Å². The molecule has 62 valence electrons. The molecule has 0 radical (unpaired) electrons. The maximum absolute atomic E-state index is 9.97. The minimum absolute atomic E-state index is 0.530. The molecule has 0 aromatic carbocycles. The zero-order valence-electron chi connectivity index (χ0n) is 6.40. The summed E-state index contributed by atoms with van der Waals surface area (Å²) in [5.74, 6) is 3.48. The van der Waals surface area contributed by atoms with E-state index in [1.165, 1.54) is 0 Å². The first-order valence-corrected chi connectivity index (χ1v) is 3.46. The number of hydrogen-bond donors (Lipinski definition) is 1. The van der Waals surface area contributed by atoms with Crippen molar-refractivity contribution in [3.05, 3.63) is 18.7 Å². The van der Waals surface area contributed by atoms with E-state index in [0.29, 0.717) is 13.0 Å². The van der Waals surface area contributed by atoms with Crippen LogP contribution in [0.25, 0.3) is 0 Å². The highest BCUT2D eigenvalue weighted by atomic mass is 16.4. The largest absolute Gasteiger partial charge is 0.472 e. The van der Waals surface area contributed by atoms with E-state index in [2.05, 4.69) is 10.9 Å². The quantitative estimate of drug-likeness (QED) is 0.642. The van der Waals surface area contributed by atoms with Gasteiger partial charge in [0.2, 0.25) is 0 Å². The molecular weight excluding hydrogens is 156 g/mol. The minimum atomic E-state index is -1.08. The van der Waals surface area contributed by atoms with Crippen LogP contribution < -0.4 is 0 Å². The van der Waals surface area contributed by atoms with Crippen LogP contribution in [0.2, 0.25) is 0 Å². The van der Waals surface area contributed by atoms with Gasteiger partial charge in [0.15, 0.2) is 0 Å². The lowest BCUT2D eigenvalue weighted by Gasteiger charge is -1.93. The van der Waals surface area contributed by atoms with Crippen LogP contribution in [-0.4, -0.2) is 20.6 Å². The number of nitrogens with zero attached hydrogens (tertiary/aromatic N) is 2. The maximum Gasteiger partial charge on any atom is 0.381 e. The number of carboxylic acid groups (broad SMARTS) is 1. The van der Waals surface area contributed by atoms with Gasteiger partial charge < -0.3 is 9.67 Å². The molecule has 1 rings (SSSR count). The molecule has 0 aliphatic heterocycles. The molecule has 0 bridgehead atoms. The number of carbonyl (C=O) groups is 1. The molecule has 0 spiro atoms. The summed E-state index contributed by atoms with van der Waals surface area (Å²) in [4.78, 5) is 13.8. The predicted octanol–water partition coefficient (Wildman–Crippen LogP) is 0.361. The van der Waals surface area contributed by atoms with Gasteiger partial charge in [-0.3, -0.25) is 0 Å². The molecule has 4 nitrogen and oxygen atoms in total. The van der Waals surface area contributed by atoms with Crippen molar-refractivity contribution in [1.82, 2.24) is 9.55 Å². The van der Waals surface area contributed by atoms with Crippen LogP contribution in [-0.2, 0) is 11.3 Å². The average molecular weight is 164 g/mol. The molecule has 0 aliphatic carbocycles. The molecule has 0 aliphatic rings. The van der Waals surface area contributed by atoms with Gasteiger partial charge in [-0.05, 0) is 0 Å².